The van der Waals surface area contributed by atoms with Crippen LogP contribution in [0.1, 0.15) is 6.42 Å². The van der Waals surface area contributed by atoms with Crippen molar-refractivity contribution in [3.05, 3.63) is 24.3 Å². The molecule has 0 amide bonds. The van der Waals surface area contributed by atoms with Crippen LogP contribution in [0, 0.1) is 0 Å². The predicted molar refractivity (Wildman–Crippen MR) is 51.7 cm³/mol. The molecular formula is C9H12ClNO. The third kappa shape index (κ3) is 2.62. The van der Waals surface area contributed by atoms with Gasteiger partial charge < -0.3 is 10.5 Å². The van der Waals surface area contributed by atoms with Crippen molar-refractivity contribution in [3.8, 4) is 5.75 Å². The molecule has 1 rings (SSSR count). The van der Waals surface area contributed by atoms with Gasteiger partial charge in [-0.1, -0.05) is 12.1 Å². The van der Waals surface area contributed by atoms with Gasteiger partial charge in [-0.25, -0.2) is 0 Å². The number of nitrogens with two attached hydrogens (primary N) is 1. The van der Waals surface area contributed by atoms with Gasteiger partial charge in [0.05, 0.1) is 12.3 Å². The third-order valence-corrected chi connectivity index (χ3v) is 1.72. The minimum atomic E-state index is 0.618. The molecule has 0 aliphatic rings. The average Bonchev–Trinajstić information content (AvgIpc) is 2.09. The van der Waals surface area contributed by atoms with Crippen molar-refractivity contribution >= 4 is 17.3 Å². The summed E-state index contributed by atoms with van der Waals surface area (Å²) < 4.78 is 5.37. The number of alkyl halides is 1. The topological polar surface area (TPSA) is 35.2 Å². The molecule has 1 aromatic carbocycles. The lowest BCUT2D eigenvalue weighted by atomic mass is 10.3. The molecule has 0 spiro atoms. The molecule has 0 saturated heterocycles. The van der Waals surface area contributed by atoms with E-state index in [1.807, 2.05) is 24.3 Å². The zero-order valence-corrected chi connectivity index (χ0v) is 7.55. The maximum absolute atomic E-state index is 5.64. The Morgan fingerprint density at radius 3 is 2.75 bits per heavy atom. The second-order valence-corrected chi connectivity index (χ2v) is 2.81. The predicted octanol–water partition coefficient (Wildman–Crippen LogP) is 2.28. The van der Waals surface area contributed by atoms with Crippen molar-refractivity contribution in [1.29, 1.82) is 0 Å². The van der Waals surface area contributed by atoms with E-state index >= 15 is 0 Å². The maximum atomic E-state index is 5.64. The Hall–Kier alpha value is -0.890. The number of benzene rings is 1. The minimum Gasteiger partial charge on any atom is -0.491 e. The summed E-state index contributed by atoms with van der Waals surface area (Å²) in [6.07, 6.45) is 0.843. The summed E-state index contributed by atoms with van der Waals surface area (Å²) in [5, 5.41) is 0. The third-order valence-electron chi connectivity index (χ3n) is 1.45. The second kappa shape index (κ2) is 4.88. The summed E-state index contributed by atoms with van der Waals surface area (Å²) in [7, 11) is 0. The number of anilines is 1. The molecule has 0 heterocycles. The van der Waals surface area contributed by atoms with Gasteiger partial charge in [0.2, 0.25) is 0 Å². The Balaban J connectivity index is 2.46. The summed E-state index contributed by atoms with van der Waals surface area (Å²) in [6, 6.07) is 7.44. The normalized spacial score (nSPS) is 9.75. The summed E-state index contributed by atoms with van der Waals surface area (Å²) in [5.74, 6) is 1.36. The maximum Gasteiger partial charge on any atom is 0.142 e. The fraction of sp³-hybridized carbons (Fsp3) is 0.333. The number of ether oxygens (including phenoxy) is 1. The first-order chi connectivity index (χ1) is 5.84. The van der Waals surface area contributed by atoms with E-state index in [-0.39, 0.29) is 0 Å². The molecule has 1 aromatic rings. The molecule has 0 fully saturated rings. The van der Waals surface area contributed by atoms with E-state index in [1.54, 1.807) is 0 Å². The zero-order chi connectivity index (χ0) is 8.81. The smallest absolute Gasteiger partial charge is 0.142 e. The summed E-state index contributed by atoms with van der Waals surface area (Å²) in [6.45, 7) is 0.623. The van der Waals surface area contributed by atoms with Crippen molar-refractivity contribution in [2.24, 2.45) is 0 Å². The second-order valence-electron chi connectivity index (χ2n) is 2.43. The van der Waals surface area contributed by atoms with Gasteiger partial charge in [-0.3, -0.25) is 0 Å². The number of hydrogen-bond acceptors (Lipinski definition) is 2. The Labute approximate surface area is 77.3 Å². The molecule has 0 aliphatic heterocycles. The van der Waals surface area contributed by atoms with E-state index in [2.05, 4.69) is 0 Å². The van der Waals surface area contributed by atoms with Crippen molar-refractivity contribution in [3.63, 3.8) is 0 Å². The quantitative estimate of drug-likeness (QED) is 0.444. The van der Waals surface area contributed by atoms with Crippen molar-refractivity contribution in [1.82, 2.24) is 0 Å². The number of hydrogen-bond donors (Lipinski definition) is 1. The molecular weight excluding hydrogens is 174 g/mol. The van der Waals surface area contributed by atoms with Gasteiger partial charge in [0.15, 0.2) is 0 Å². The lowest BCUT2D eigenvalue weighted by Crippen LogP contribution is -2.00. The average molecular weight is 186 g/mol. The molecule has 12 heavy (non-hydrogen) atoms. The van der Waals surface area contributed by atoms with Gasteiger partial charge in [-0.2, -0.15) is 0 Å². The van der Waals surface area contributed by atoms with Crippen LogP contribution in [0.3, 0.4) is 0 Å². The van der Waals surface area contributed by atoms with Crippen LogP contribution < -0.4 is 10.5 Å². The van der Waals surface area contributed by atoms with Crippen LogP contribution in [0.5, 0.6) is 5.75 Å². The monoisotopic (exact) mass is 185 g/mol. The molecule has 0 unspecified atom stereocenters. The first-order valence-corrected chi connectivity index (χ1v) is 4.41. The van der Waals surface area contributed by atoms with Crippen molar-refractivity contribution in [2.45, 2.75) is 6.42 Å². The number of halogens is 1. The van der Waals surface area contributed by atoms with E-state index in [9.17, 15) is 0 Å². The van der Waals surface area contributed by atoms with E-state index in [0.29, 0.717) is 18.2 Å². The van der Waals surface area contributed by atoms with Gasteiger partial charge in [0, 0.05) is 5.88 Å². The fourth-order valence-corrected chi connectivity index (χ4v) is 0.958. The minimum absolute atomic E-state index is 0.618. The van der Waals surface area contributed by atoms with Crippen LogP contribution in [0.25, 0.3) is 0 Å². The van der Waals surface area contributed by atoms with Gasteiger partial charge in [0.1, 0.15) is 5.75 Å². The lowest BCUT2D eigenvalue weighted by molar-refractivity contribution is 0.320. The first-order valence-electron chi connectivity index (χ1n) is 3.88. The van der Waals surface area contributed by atoms with Gasteiger partial charge in [-0.05, 0) is 18.6 Å². The van der Waals surface area contributed by atoms with Gasteiger partial charge in [0.25, 0.3) is 0 Å². The molecule has 0 radical (unpaired) electrons. The highest BCUT2D eigenvalue weighted by Crippen LogP contribution is 2.19. The largest absolute Gasteiger partial charge is 0.491 e. The Kier molecular flexibility index (Phi) is 3.74. The first kappa shape index (κ1) is 9.20. The van der Waals surface area contributed by atoms with E-state index in [1.165, 1.54) is 0 Å². The SMILES string of the molecule is Nc1ccccc1OCCCCl. The summed E-state index contributed by atoms with van der Waals surface area (Å²) in [5.41, 5.74) is 6.32. The van der Waals surface area contributed by atoms with Crippen LogP contribution in [0.15, 0.2) is 24.3 Å². The molecule has 2 nitrogen and oxygen atoms in total. The molecule has 3 heteroatoms. The highest BCUT2D eigenvalue weighted by atomic mass is 35.5. The molecule has 2 N–H and O–H groups in total. The molecule has 0 atom stereocenters. The molecule has 0 aliphatic carbocycles. The summed E-state index contributed by atoms with van der Waals surface area (Å²) >= 11 is 5.50. The Morgan fingerprint density at radius 1 is 1.33 bits per heavy atom. The molecule has 0 saturated carbocycles. The number of rotatable bonds is 4. The van der Waals surface area contributed by atoms with E-state index < -0.39 is 0 Å². The molecule has 0 aromatic heterocycles. The van der Waals surface area contributed by atoms with Crippen molar-refractivity contribution < 1.29 is 4.74 Å². The lowest BCUT2D eigenvalue weighted by Gasteiger charge is -2.06. The molecule has 66 valence electrons. The van der Waals surface area contributed by atoms with Crippen LogP contribution in [0.2, 0.25) is 0 Å². The number of nitrogen functional groups attached to an aromatic ring is 1. The van der Waals surface area contributed by atoms with Gasteiger partial charge >= 0.3 is 0 Å². The van der Waals surface area contributed by atoms with Crippen LogP contribution in [-0.2, 0) is 0 Å². The Bertz CT molecular complexity index is 240. The highest BCUT2D eigenvalue weighted by Gasteiger charge is 1.96. The zero-order valence-electron chi connectivity index (χ0n) is 6.79. The van der Waals surface area contributed by atoms with Crippen molar-refractivity contribution in [2.75, 3.05) is 18.2 Å². The van der Waals surface area contributed by atoms with Crippen LogP contribution >= 0.6 is 11.6 Å². The van der Waals surface area contributed by atoms with E-state index in [0.717, 1.165) is 12.2 Å². The highest BCUT2D eigenvalue weighted by molar-refractivity contribution is 6.17. The molecule has 0 bridgehead atoms. The Morgan fingerprint density at radius 2 is 2.08 bits per heavy atom. The van der Waals surface area contributed by atoms with Gasteiger partial charge in [-0.15, -0.1) is 11.6 Å². The standard InChI is InChI=1S/C9H12ClNO/c10-6-3-7-12-9-5-2-1-4-8(9)11/h1-2,4-5H,3,6-7,11H2. The number of para-hydroxylation sites is 2. The fourth-order valence-electron chi connectivity index (χ4n) is 0.849. The summed E-state index contributed by atoms with van der Waals surface area (Å²) in [4.78, 5) is 0. The van der Waals surface area contributed by atoms with Crippen LogP contribution in [0.4, 0.5) is 5.69 Å². The van der Waals surface area contributed by atoms with E-state index in [4.69, 9.17) is 22.1 Å². The van der Waals surface area contributed by atoms with Crippen LogP contribution in [-0.4, -0.2) is 12.5 Å².